The van der Waals surface area contributed by atoms with Gasteiger partial charge < -0.3 is 4.57 Å². The lowest BCUT2D eigenvalue weighted by molar-refractivity contribution is 0.957. The van der Waals surface area contributed by atoms with Crippen molar-refractivity contribution in [3.63, 3.8) is 0 Å². The van der Waals surface area contributed by atoms with E-state index in [-0.39, 0.29) is 0 Å². The zero-order valence-electron chi connectivity index (χ0n) is 24.1. The van der Waals surface area contributed by atoms with Gasteiger partial charge in [0.2, 0.25) is 5.78 Å². The minimum atomic E-state index is -0.519. The highest BCUT2D eigenvalue weighted by molar-refractivity contribution is 6.10. The van der Waals surface area contributed by atoms with Crippen molar-refractivity contribution in [3.8, 4) is 33.9 Å². The van der Waals surface area contributed by atoms with Gasteiger partial charge >= 0.3 is 5.69 Å². The van der Waals surface area contributed by atoms with Crippen LogP contribution >= 0.6 is 0 Å². The fraction of sp³-hybridized carbons (Fsp3) is 0. The maximum absolute atomic E-state index is 12.9. The van der Waals surface area contributed by atoms with Crippen molar-refractivity contribution in [3.05, 3.63) is 162 Å². The normalized spacial score (nSPS) is 11.6. The second-order valence-electron chi connectivity index (χ2n) is 11.1. The van der Waals surface area contributed by atoms with Crippen molar-refractivity contribution in [2.45, 2.75) is 0 Å². The van der Waals surface area contributed by atoms with Crippen LogP contribution in [0.25, 0.3) is 72.5 Å². The molecule has 0 radical (unpaired) electrons. The fourth-order valence-corrected chi connectivity index (χ4v) is 6.57. The molecule has 0 aliphatic carbocycles. The van der Waals surface area contributed by atoms with E-state index in [4.69, 9.17) is 0 Å². The number of imidazole rings is 1. The van der Waals surface area contributed by atoms with Gasteiger partial charge in [-0.15, -0.1) is 0 Å². The lowest BCUT2D eigenvalue weighted by atomic mass is 10.0. The number of nitrogens with zero attached hydrogens (tertiary/aromatic N) is 5. The molecule has 3 aromatic heterocycles. The lowest BCUT2D eigenvalue weighted by Crippen LogP contribution is -2.16. The quantitative estimate of drug-likeness (QED) is 0.210. The Balaban J connectivity index is 1.33. The van der Waals surface area contributed by atoms with Crippen LogP contribution in [0, 0.1) is 0 Å². The zero-order chi connectivity index (χ0) is 29.9. The van der Waals surface area contributed by atoms with Crippen LogP contribution in [0.5, 0.6) is 0 Å². The molecule has 0 atom stereocenters. The summed E-state index contributed by atoms with van der Waals surface area (Å²) >= 11 is 0. The third-order valence-electron chi connectivity index (χ3n) is 8.53. The van der Waals surface area contributed by atoms with Gasteiger partial charge in [0.25, 0.3) is 0 Å². The third kappa shape index (κ3) is 3.93. The molecule has 0 saturated carbocycles. The van der Waals surface area contributed by atoms with E-state index < -0.39 is 5.69 Å². The largest absolute Gasteiger partial charge is 0.372 e. The molecule has 0 amide bonds. The van der Waals surface area contributed by atoms with E-state index in [1.54, 1.807) is 0 Å². The molecule has 0 spiro atoms. The summed E-state index contributed by atoms with van der Waals surface area (Å²) in [7, 11) is 0. The Kier molecular flexibility index (Phi) is 5.55. The van der Waals surface area contributed by atoms with Crippen molar-refractivity contribution in [2.75, 3.05) is 0 Å². The van der Waals surface area contributed by atoms with Crippen molar-refractivity contribution in [1.29, 1.82) is 0 Å². The third-order valence-corrected chi connectivity index (χ3v) is 8.53. The SMILES string of the molecule is O=c1nc(-c2ccccc2)n2c3cc(-c4ccc5c(c4)c4ccccc4n5-c4ccccc4)ccc3n(-c3ccccc3)c2n1. The monoisotopic (exact) mass is 579 g/mol. The Labute approximate surface area is 257 Å². The summed E-state index contributed by atoms with van der Waals surface area (Å²) in [6, 6.07) is 52.0. The molecule has 9 aromatic rings. The molecule has 45 heavy (non-hydrogen) atoms. The van der Waals surface area contributed by atoms with Gasteiger partial charge in [-0.1, -0.05) is 97.1 Å². The van der Waals surface area contributed by atoms with E-state index in [9.17, 15) is 4.79 Å². The Morgan fingerprint density at radius 2 is 1.00 bits per heavy atom. The summed E-state index contributed by atoms with van der Waals surface area (Å²) in [5.41, 5.74) is 8.72. The number of rotatable bonds is 4. The molecule has 0 saturated heterocycles. The van der Waals surface area contributed by atoms with Gasteiger partial charge in [-0.2, -0.15) is 9.97 Å². The highest BCUT2D eigenvalue weighted by atomic mass is 16.1. The molecule has 212 valence electrons. The van der Waals surface area contributed by atoms with Crippen molar-refractivity contribution in [1.82, 2.24) is 23.5 Å². The predicted octanol–water partition coefficient (Wildman–Crippen LogP) is 8.46. The summed E-state index contributed by atoms with van der Waals surface area (Å²) < 4.78 is 6.36. The molecular formula is C39H25N5O. The smallest absolute Gasteiger partial charge is 0.309 e. The lowest BCUT2D eigenvalue weighted by Gasteiger charge is -2.08. The molecule has 0 unspecified atom stereocenters. The van der Waals surface area contributed by atoms with E-state index in [2.05, 4.69) is 99.5 Å². The van der Waals surface area contributed by atoms with Crippen LogP contribution in [0.4, 0.5) is 0 Å². The number of hydrogen-bond acceptors (Lipinski definition) is 3. The first kappa shape index (κ1) is 25.2. The van der Waals surface area contributed by atoms with Crippen LogP contribution in [0.1, 0.15) is 0 Å². The van der Waals surface area contributed by atoms with Gasteiger partial charge in [-0.3, -0.25) is 8.97 Å². The van der Waals surface area contributed by atoms with E-state index >= 15 is 0 Å². The van der Waals surface area contributed by atoms with Crippen molar-refractivity contribution >= 4 is 38.6 Å². The Hall–Kier alpha value is -6.27. The van der Waals surface area contributed by atoms with Crippen LogP contribution in [-0.2, 0) is 0 Å². The number of aromatic nitrogens is 5. The van der Waals surface area contributed by atoms with E-state index in [1.807, 2.05) is 75.7 Å². The Morgan fingerprint density at radius 3 is 1.73 bits per heavy atom. The summed E-state index contributed by atoms with van der Waals surface area (Å²) in [5, 5.41) is 2.40. The molecular weight excluding hydrogens is 554 g/mol. The Morgan fingerprint density at radius 1 is 0.422 bits per heavy atom. The van der Waals surface area contributed by atoms with Crippen molar-refractivity contribution < 1.29 is 0 Å². The highest BCUT2D eigenvalue weighted by Crippen LogP contribution is 2.36. The predicted molar refractivity (Wildman–Crippen MR) is 181 cm³/mol. The topological polar surface area (TPSA) is 57.1 Å². The zero-order valence-corrected chi connectivity index (χ0v) is 24.1. The molecule has 0 fully saturated rings. The summed E-state index contributed by atoms with van der Waals surface area (Å²) in [6.07, 6.45) is 0. The highest BCUT2D eigenvalue weighted by Gasteiger charge is 2.20. The summed E-state index contributed by atoms with van der Waals surface area (Å²) in [5.74, 6) is 1.08. The van der Waals surface area contributed by atoms with Gasteiger partial charge in [0.05, 0.1) is 22.1 Å². The number of fused-ring (bicyclic) bond motifs is 6. The van der Waals surface area contributed by atoms with E-state index in [1.165, 1.54) is 16.3 Å². The van der Waals surface area contributed by atoms with Crippen LogP contribution in [0.15, 0.2) is 156 Å². The first-order valence-electron chi connectivity index (χ1n) is 14.9. The molecule has 0 N–H and O–H groups in total. The van der Waals surface area contributed by atoms with Gasteiger partial charge in [0, 0.05) is 27.7 Å². The molecule has 6 aromatic carbocycles. The molecule has 3 heterocycles. The van der Waals surface area contributed by atoms with Gasteiger partial charge in [-0.25, -0.2) is 4.79 Å². The molecule has 6 nitrogen and oxygen atoms in total. The van der Waals surface area contributed by atoms with Crippen LogP contribution in [0.3, 0.4) is 0 Å². The maximum atomic E-state index is 12.9. The first-order chi connectivity index (χ1) is 22.2. The molecule has 0 bridgehead atoms. The Bertz CT molecular complexity index is 2600. The standard InChI is InChI=1S/C39H25N5O/c45-38-40-37(26-12-4-1-5-13-26)44-36-25-28(21-23-35(36)43(39(44)41-38)30-16-8-3-9-17-30)27-20-22-34-32(24-27)31-18-10-11-19-33(31)42(34)29-14-6-2-7-15-29/h1-25H. The fourth-order valence-electron chi connectivity index (χ4n) is 6.57. The number of benzene rings is 6. The number of para-hydroxylation sites is 3. The van der Waals surface area contributed by atoms with E-state index in [0.717, 1.165) is 44.6 Å². The second-order valence-corrected chi connectivity index (χ2v) is 11.1. The average Bonchev–Trinajstić information content (AvgIpc) is 3.61. The average molecular weight is 580 g/mol. The van der Waals surface area contributed by atoms with E-state index in [0.29, 0.717) is 11.6 Å². The second kappa shape index (κ2) is 9.89. The van der Waals surface area contributed by atoms with Crippen LogP contribution in [-0.4, -0.2) is 23.5 Å². The number of hydrogen-bond donors (Lipinski definition) is 0. The van der Waals surface area contributed by atoms with Crippen LogP contribution in [0.2, 0.25) is 0 Å². The van der Waals surface area contributed by atoms with Crippen molar-refractivity contribution in [2.24, 2.45) is 0 Å². The van der Waals surface area contributed by atoms with Gasteiger partial charge in [0.15, 0.2) is 5.82 Å². The molecule has 6 heteroatoms. The molecule has 9 rings (SSSR count). The van der Waals surface area contributed by atoms with Gasteiger partial charge in [0.1, 0.15) is 0 Å². The molecule has 0 aliphatic rings. The minimum absolute atomic E-state index is 0.519. The van der Waals surface area contributed by atoms with Crippen LogP contribution < -0.4 is 5.69 Å². The summed E-state index contributed by atoms with van der Waals surface area (Å²) in [6.45, 7) is 0. The molecule has 0 aliphatic heterocycles. The summed E-state index contributed by atoms with van der Waals surface area (Å²) in [4.78, 5) is 21.8. The van der Waals surface area contributed by atoms with Gasteiger partial charge in [-0.05, 0) is 65.7 Å². The minimum Gasteiger partial charge on any atom is -0.309 e. The maximum Gasteiger partial charge on any atom is 0.372 e. The first-order valence-corrected chi connectivity index (χ1v) is 14.9.